The van der Waals surface area contributed by atoms with E-state index in [1.807, 2.05) is 13.8 Å². The van der Waals surface area contributed by atoms with Crippen molar-refractivity contribution in [3.63, 3.8) is 0 Å². The van der Waals surface area contributed by atoms with Gasteiger partial charge in [-0.15, -0.1) is 0 Å². The summed E-state index contributed by atoms with van der Waals surface area (Å²) in [6, 6.07) is 1.75. The monoisotopic (exact) mass is 275 g/mol. The Morgan fingerprint density at radius 2 is 2.20 bits per heavy atom. The molecule has 0 bridgehead atoms. The number of hydrogen-bond donors (Lipinski definition) is 1. The summed E-state index contributed by atoms with van der Waals surface area (Å²) in [5.41, 5.74) is 1.56. The number of aryl methyl sites for hydroxylation is 2. The maximum Gasteiger partial charge on any atom is 0.258 e. The summed E-state index contributed by atoms with van der Waals surface area (Å²) in [4.78, 5) is 18.4. The van der Waals surface area contributed by atoms with Crippen LogP contribution in [0.25, 0.3) is 11.1 Å². The number of carbonyl (C=O) groups excluding carboxylic acids is 1. The molecule has 2 aromatic rings. The minimum absolute atomic E-state index is 0.107. The highest BCUT2D eigenvalue weighted by molar-refractivity contribution is 6.06. The van der Waals surface area contributed by atoms with Crippen LogP contribution < -0.4 is 0 Å². The van der Waals surface area contributed by atoms with E-state index in [2.05, 4.69) is 10.1 Å². The Bertz CT molecular complexity index is 686. The standard InChI is InChI=1S/C14H17N3O3/c1-4-14(19)6-17(7-14)13(18)10-5-8(2)15-12-11(10)9(3)16-20-12/h5,19H,4,6-7H2,1-3H3. The smallest absolute Gasteiger partial charge is 0.258 e. The first-order chi connectivity index (χ1) is 9.43. The van der Waals surface area contributed by atoms with Crippen molar-refractivity contribution in [3.8, 4) is 0 Å². The molecule has 3 heterocycles. The van der Waals surface area contributed by atoms with Gasteiger partial charge in [0, 0.05) is 5.69 Å². The molecule has 0 aromatic carbocycles. The first-order valence-electron chi connectivity index (χ1n) is 6.69. The number of aliphatic hydroxyl groups is 1. The lowest BCUT2D eigenvalue weighted by Gasteiger charge is -2.46. The van der Waals surface area contributed by atoms with Gasteiger partial charge < -0.3 is 14.5 Å². The van der Waals surface area contributed by atoms with Crippen LogP contribution in [0.15, 0.2) is 10.6 Å². The first-order valence-corrected chi connectivity index (χ1v) is 6.69. The van der Waals surface area contributed by atoms with Crippen LogP contribution in [0, 0.1) is 13.8 Å². The number of aromatic nitrogens is 2. The van der Waals surface area contributed by atoms with Gasteiger partial charge in [-0.25, -0.2) is 4.98 Å². The molecule has 0 saturated carbocycles. The van der Waals surface area contributed by atoms with E-state index in [9.17, 15) is 9.90 Å². The van der Waals surface area contributed by atoms with Crippen LogP contribution in [-0.2, 0) is 0 Å². The van der Waals surface area contributed by atoms with Crippen molar-refractivity contribution in [2.45, 2.75) is 32.8 Å². The minimum Gasteiger partial charge on any atom is -0.386 e. The molecule has 0 spiro atoms. The number of β-amino-alcohol motifs (C(OH)–C–C–N with tert-alkyl or cyclic N) is 1. The van der Waals surface area contributed by atoms with Crippen LogP contribution in [0.2, 0.25) is 0 Å². The fourth-order valence-corrected chi connectivity index (χ4v) is 2.59. The Hall–Kier alpha value is -1.95. The van der Waals surface area contributed by atoms with Crippen LogP contribution in [0.1, 0.15) is 35.1 Å². The highest BCUT2D eigenvalue weighted by atomic mass is 16.5. The van der Waals surface area contributed by atoms with Gasteiger partial charge in [0.1, 0.15) is 0 Å². The number of rotatable bonds is 2. The number of amides is 1. The number of carbonyl (C=O) groups is 1. The Morgan fingerprint density at radius 1 is 1.50 bits per heavy atom. The normalized spacial score (nSPS) is 17.3. The molecule has 1 fully saturated rings. The number of nitrogens with zero attached hydrogens (tertiary/aromatic N) is 3. The van der Waals surface area contributed by atoms with Crippen LogP contribution in [0.4, 0.5) is 0 Å². The second-order valence-corrected chi connectivity index (χ2v) is 5.50. The number of fused-ring (bicyclic) bond motifs is 1. The quantitative estimate of drug-likeness (QED) is 0.897. The van der Waals surface area contributed by atoms with E-state index in [0.29, 0.717) is 47.6 Å². The fourth-order valence-electron chi connectivity index (χ4n) is 2.59. The minimum atomic E-state index is -0.736. The molecule has 1 aliphatic heterocycles. The average Bonchev–Trinajstić information content (AvgIpc) is 2.75. The maximum atomic E-state index is 12.6. The van der Waals surface area contributed by atoms with Gasteiger partial charge in [-0.1, -0.05) is 12.1 Å². The van der Waals surface area contributed by atoms with Gasteiger partial charge in [0.05, 0.1) is 35.3 Å². The molecule has 6 nitrogen and oxygen atoms in total. The van der Waals surface area contributed by atoms with E-state index in [0.717, 1.165) is 0 Å². The van der Waals surface area contributed by atoms with Crippen LogP contribution >= 0.6 is 0 Å². The average molecular weight is 275 g/mol. The van der Waals surface area contributed by atoms with E-state index in [-0.39, 0.29) is 5.91 Å². The maximum absolute atomic E-state index is 12.6. The van der Waals surface area contributed by atoms with Crippen LogP contribution in [0.3, 0.4) is 0 Å². The molecular weight excluding hydrogens is 258 g/mol. The van der Waals surface area contributed by atoms with Crippen molar-refractivity contribution in [2.24, 2.45) is 0 Å². The summed E-state index contributed by atoms with van der Waals surface area (Å²) >= 11 is 0. The molecule has 6 heteroatoms. The predicted molar refractivity (Wildman–Crippen MR) is 72.4 cm³/mol. The van der Waals surface area contributed by atoms with E-state index < -0.39 is 5.60 Å². The zero-order valence-corrected chi connectivity index (χ0v) is 11.8. The molecule has 1 aliphatic rings. The highest BCUT2D eigenvalue weighted by Gasteiger charge is 2.42. The third-order valence-electron chi connectivity index (χ3n) is 3.89. The summed E-state index contributed by atoms with van der Waals surface area (Å²) in [6.07, 6.45) is 0.647. The third kappa shape index (κ3) is 1.87. The largest absolute Gasteiger partial charge is 0.386 e. The van der Waals surface area contributed by atoms with Gasteiger partial charge in [-0.05, 0) is 26.3 Å². The molecule has 0 aliphatic carbocycles. The van der Waals surface area contributed by atoms with Crippen LogP contribution in [0.5, 0.6) is 0 Å². The molecule has 1 amide bonds. The Morgan fingerprint density at radius 3 is 2.85 bits per heavy atom. The molecule has 1 saturated heterocycles. The summed E-state index contributed by atoms with van der Waals surface area (Å²) in [7, 11) is 0. The van der Waals surface area contributed by atoms with Crippen molar-refractivity contribution in [1.82, 2.24) is 15.0 Å². The van der Waals surface area contributed by atoms with Crippen molar-refractivity contribution in [3.05, 3.63) is 23.0 Å². The predicted octanol–water partition coefficient (Wildman–Crippen LogP) is 1.44. The van der Waals surface area contributed by atoms with Crippen molar-refractivity contribution < 1.29 is 14.4 Å². The molecular formula is C14H17N3O3. The zero-order valence-electron chi connectivity index (χ0n) is 11.8. The fraction of sp³-hybridized carbons (Fsp3) is 0.500. The van der Waals surface area contributed by atoms with Gasteiger partial charge in [-0.3, -0.25) is 4.79 Å². The molecule has 0 atom stereocenters. The zero-order chi connectivity index (χ0) is 14.5. The van der Waals surface area contributed by atoms with Gasteiger partial charge in [0.2, 0.25) is 0 Å². The van der Waals surface area contributed by atoms with Crippen molar-refractivity contribution in [2.75, 3.05) is 13.1 Å². The molecule has 0 radical (unpaired) electrons. The second-order valence-electron chi connectivity index (χ2n) is 5.50. The number of pyridine rings is 1. The van der Waals surface area contributed by atoms with Crippen molar-refractivity contribution in [1.29, 1.82) is 0 Å². The first kappa shape index (κ1) is 13.1. The van der Waals surface area contributed by atoms with E-state index in [4.69, 9.17) is 4.52 Å². The van der Waals surface area contributed by atoms with E-state index >= 15 is 0 Å². The van der Waals surface area contributed by atoms with Crippen LogP contribution in [-0.4, -0.2) is 44.7 Å². The topological polar surface area (TPSA) is 79.5 Å². The lowest BCUT2D eigenvalue weighted by atomic mass is 9.90. The van der Waals surface area contributed by atoms with E-state index in [1.165, 1.54) is 0 Å². The Balaban J connectivity index is 1.98. The highest BCUT2D eigenvalue weighted by Crippen LogP contribution is 2.29. The summed E-state index contributed by atoms with van der Waals surface area (Å²) in [5.74, 6) is -0.107. The van der Waals surface area contributed by atoms with Gasteiger partial charge in [0.25, 0.3) is 11.6 Å². The Kier molecular flexibility index (Phi) is 2.79. The van der Waals surface area contributed by atoms with Gasteiger partial charge >= 0.3 is 0 Å². The number of hydrogen-bond acceptors (Lipinski definition) is 5. The number of likely N-dealkylation sites (tertiary alicyclic amines) is 1. The third-order valence-corrected chi connectivity index (χ3v) is 3.89. The van der Waals surface area contributed by atoms with Gasteiger partial charge in [-0.2, -0.15) is 0 Å². The lowest BCUT2D eigenvalue weighted by molar-refractivity contribution is -0.0825. The van der Waals surface area contributed by atoms with E-state index in [1.54, 1.807) is 17.9 Å². The Labute approximate surface area is 116 Å². The SMILES string of the molecule is CCC1(O)CN(C(=O)c2cc(C)nc3onc(C)c23)C1. The molecule has 106 valence electrons. The molecule has 3 rings (SSSR count). The lowest BCUT2D eigenvalue weighted by Crippen LogP contribution is -2.63. The summed E-state index contributed by atoms with van der Waals surface area (Å²) in [6.45, 7) is 6.26. The molecule has 20 heavy (non-hydrogen) atoms. The molecule has 1 N–H and O–H groups in total. The van der Waals surface area contributed by atoms with Crippen molar-refractivity contribution >= 4 is 17.0 Å². The molecule has 0 unspecified atom stereocenters. The second kappa shape index (κ2) is 4.28. The summed E-state index contributed by atoms with van der Waals surface area (Å²) < 4.78 is 5.13. The molecule has 2 aromatic heterocycles. The van der Waals surface area contributed by atoms with Gasteiger partial charge in [0.15, 0.2) is 0 Å². The summed E-state index contributed by atoms with van der Waals surface area (Å²) in [5, 5.41) is 14.6.